The van der Waals surface area contributed by atoms with Gasteiger partial charge in [-0.1, -0.05) is 37.3 Å². The Balaban J connectivity index is 2.17. The van der Waals surface area contributed by atoms with Crippen LogP contribution in [-0.4, -0.2) is 16.8 Å². The van der Waals surface area contributed by atoms with Crippen molar-refractivity contribution in [3.63, 3.8) is 0 Å². The molecule has 0 fully saturated rings. The smallest absolute Gasteiger partial charge is 0.261 e. The van der Waals surface area contributed by atoms with Crippen molar-refractivity contribution in [1.29, 1.82) is 0 Å². The van der Waals surface area contributed by atoms with Gasteiger partial charge < -0.3 is 4.98 Å². The molecule has 4 nitrogen and oxygen atoms in total. The van der Waals surface area contributed by atoms with Crippen molar-refractivity contribution in [1.82, 2.24) is 10.3 Å². The van der Waals surface area contributed by atoms with Crippen LogP contribution in [0.3, 0.4) is 0 Å². The Bertz CT molecular complexity index is 733. The molecule has 0 unspecified atom stereocenters. The molecule has 0 spiro atoms. The summed E-state index contributed by atoms with van der Waals surface area (Å²) in [5.41, 5.74) is 2.45. The number of allylic oxidation sites excluding steroid dienone is 1. The minimum Gasteiger partial charge on any atom is -0.354 e. The average Bonchev–Trinajstić information content (AvgIpc) is 2.96. The number of aromatic nitrogens is 1. The van der Waals surface area contributed by atoms with Crippen molar-refractivity contribution in [3.05, 3.63) is 53.8 Å². The van der Waals surface area contributed by atoms with Crippen molar-refractivity contribution in [3.8, 4) is 0 Å². The highest BCUT2D eigenvalue weighted by Crippen LogP contribution is 2.27. The number of aromatic amines is 1. The number of amides is 2. The number of nitrogens with one attached hydrogen (secondary N) is 2. The molecular weight excluding hydrogens is 252 g/mol. The van der Waals surface area contributed by atoms with Gasteiger partial charge in [0.05, 0.1) is 16.8 Å². The molecule has 2 aromatic rings. The van der Waals surface area contributed by atoms with E-state index in [0.29, 0.717) is 16.8 Å². The third-order valence-electron chi connectivity index (χ3n) is 3.29. The van der Waals surface area contributed by atoms with Gasteiger partial charge in [0.1, 0.15) is 0 Å². The van der Waals surface area contributed by atoms with Gasteiger partial charge in [-0.05, 0) is 18.6 Å². The molecule has 2 heterocycles. The van der Waals surface area contributed by atoms with Gasteiger partial charge in [0.25, 0.3) is 11.8 Å². The van der Waals surface area contributed by atoms with E-state index in [4.69, 9.17) is 0 Å². The fourth-order valence-electron chi connectivity index (χ4n) is 2.34. The number of hydrogen-bond acceptors (Lipinski definition) is 2. The quantitative estimate of drug-likeness (QED) is 0.839. The van der Waals surface area contributed by atoms with Gasteiger partial charge in [-0.15, -0.1) is 0 Å². The maximum Gasteiger partial charge on any atom is 0.261 e. The number of fused-ring (bicyclic) bond motifs is 1. The third-order valence-corrected chi connectivity index (χ3v) is 3.29. The molecule has 0 saturated heterocycles. The molecule has 20 heavy (non-hydrogen) atoms. The minimum atomic E-state index is -0.350. The third kappa shape index (κ3) is 1.95. The van der Waals surface area contributed by atoms with Crippen molar-refractivity contribution < 1.29 is 9.59 Å². The summed E-state index contributed by atoms with van der Waals surface area (Å²) < 4.78 is 0. The molecule has 1 aliphatic rings. The van der Waals surface area contributed by atoms with Crippen LogP contribution in [0.4, 0.5) is 0 Å². The standard InChI is InChI=1S/C16H14N2O2/c1-2-3-7-11-14(16(20)18-15(11)19)13-9-10-6-4-5-8-12(10)17-13/h3-9,17H,2H2,1H3,(H,18,19,20). The Hall–Kier alpha value is -2.62. The molecule has 2 amide bonds. The number of para-hydroxylation sites is 1. The molecule has 2 N–H and O–H groups in total. The first kappa shape index (κ1) is 12.4. The lowest BCUT2D eigenvalue weighted by Gasteiger charge is -1.96. The lowest BCUT2D eigenvalue weighted by Crippen LogP contribution is -2.22. The monoisotopic (exact) mass is 266 g/mol. The zero-order valence-electron chi connectivity index (χ0n) is 11.1. The van der Waals surface area contributed by atoms with Gasteiger partial charge in [-0.3, -0.25) is 14.9 Å². The van der Waals surface area contributed by atoms with E-state index < -0.39 is 0 Å². The van der Waals surface area contributed by atoms with Crippen molar-refractivity contribution in [2.24, 2.45) is 0 Å². The summed E-state index contributed by atoms with van der Waals surface area (Å²) in [5, 5.41) is 3.36. The molecule has 1 aromatic heterocycles. The molecule has 0 saturated carbocycles. The number of hydrogen-bond donors (Lipinski definition) is 2. The highest BCUT2D eigenvalue weighted by Gasteiger charge is 2.30. The predicted octanol–water partition coefficient (Wildman–Crippen LogP) is 2.54. The number of carbonyl (C=O) groups is 2. The summed E-state index contributed by atoms with van der Waals surface area (Å²) in [4.78, 5) is 27.0. The Labute approximate surface area is 116 Å². The highest BCUT2D eigenvalue weighted by molar-refractivity contribution is 6.36. The molecule has 3 rings (SSSR count). The molecule has 0 radical (unpaired) electrons. The summed E-state index contributed by atoms with van der Waals surface area (Å²) in [6.45, 7) is 1.98. The zero-order valence-corrected chi connectivity index (χ0v) is 11.1. The van der Waals surface area contributed by atoms with E-state index >= 15 is 0 Å². The van der Waals surface area contributed by atoms with Gasteiger partial charge in [-0.25, -0.2) is 0 Å². The summed E-state index contributed by atoms with van der Waals surface area (Å²) in [6.07, 6.45) is 4.39. The minimum absolute atomic E-state index is 0.339. The van der Waals surface area contributed by atoms with Crippen LogP contribution >= 0.6 is 0 Å². The molecule has 1 aromatic carbocycles. The van der Waals surface area contributed by atoms with Crippen molar-refractivity contribution >= 4 is 28.3 Å². The summed E-state index contributed by atoms with van der Waals surface area (Å²) in [5.74, 6) is -0.689. The van der Waals surface area contributed by atoms with E-state index in [2.05, 4.69) is 10.3 Å². The second-order valence-corrected chi connectivity index (χ2v) is 4.65. The maximum absolute atomic E-state index is 12.0. The number of imide groups is 1. The van der Waals surface area contributed by atoms with E-state index in [1.807, 2.05) is 43.3 Å². The van der Waals surface area contributed by atoms with E-state index in [1.54, 1.807) is 6.08 Å². The second-order valence-electron chi connectivity index (χ2n) is 4.65. The van der Waals surface area contributed by atoms with Crippen molar-refractivity contribution in [2.75, 3.05) is 0 Å². The molecule has 1 aliphatic heterocycles. The van der Waals surface area contributed by atoms with E-state index in [0.717, 1.165) is 17.3 Å². The van der Waals surface area contributed by atoms with Gasteiger partial charge in [0.15, 0.2) is 0 Å². The highest BCUT2D eigenvalue weighted by atomic mass is 16.2. The number of carbonyl (C=O) groups excluding carboxylic acids is 2. The predicted molar refractivity (Wildman–Crippen MR) is 77.8 cm³/mol. The first-order valence-corrected chi connectivity index (χ1v) is 6.55. The topological polar surface area (TPSA) is 62.0 Å². The van der Waals surface area contributed by atoms with Crippen LogP contribution in [-0.2, 0) is 9.59 Å². The van der Waals surface area contributed by atoms with Gasteiger partial charge in [0, 0.05) is 10.9 Å². The van der Waals surface area contributed by atoms with Crippen LogP contribution in [0.25, 0.3) is 16.5 Å². The SMILES string of the molecule is CCC=CC1=C(c2cc3ccccc3[nH]2)C(=O)NC1=O. The van der Waals surface area contributed by atoms with Crippen LogP contribution in [0.1, 0.15) is 19.0 Å². The number of rotatable bonds is 3. The summed E-state index contributed by atoms with van der Waals surface area (Å²) in [6, 6.07) is 9.66. The average molecular weight is 266 g/mol. The fraction of sp³-hybridized carbons (Fsp3) is 0.125. The van der Waals surface area contributed by atoms with E-state index in [1.165, 1.54) is 0 Å². The van der Waals surface area contributed by atoms with Crippen LogP contribution in [0, 0.1) is 0 Å². The molecule has 0 atom stereocenters. The Morgan fingerprint density at radius 1 is 1.15 bits per heavy atom. The maximum atomic E-state index is 12.0. The summed E-state index contributed by atoms with van der Waals surface area (Å²) >= 11 is 0. The number of H-pyrrole nitrogens is 1. The van der Waals surface area contributed by atoms with Crippen molar-refractivity contribution in [2.45, 2.75) is 13.3 Å². The van der Waals surface area contributed by atoms with Crippen LogP contribution in [0.5, 0.6) is 0 Å². The fourth-order valence-corrected chi connectivity index (χ4v) is 2.34. The van der Waals surface area contributed by atoms with E-state index in [-0.39, 0.29) is 11.8 Å². The molecule has 0 aliphatic carbocycles. The Kier molecular flexibility index (Phi) is 2.99. The lowest BCUT2D eigenvalue weighted by molar-refractivity contribution is -0.123. The van der Waals surface area contributed by atoms with Gasteiger partial charge in [-0.2, -0.15) is 0 Å². The Morgan fingerprint density at radius 3 is 2.70 bits per heavy atom. The molecular formula is C16H14N2O2. The Morgan fingerprint density at radius 2 is 1.95 bits per heavy atom. The normalized spacial score (nSPS) is 15.7. The first-order chi connectivity index (χ1) is 9.70. The molecule has 4 heteroatoms. The van der Waals surface area contributed by atoms with Gasteiger partial charge in [0.2, 0.25) is 0 Å². The molecule has 100 valence electrons. The summed E-state index contributed by atoms with van der Waals surface area (Å²) in [7, 11) is 0. The largest absolute Gasteiger partial charge is 0.354 e. The zero-order chi connectivity index (χ0) is 14.1. The molecule has 0 bridgehead atoms. The number of benzene rings is 1. The van der Waals surface area contributed by atoms with E-state index in [9.17, 15) is 9.59 Å². The van der Waals surface area contributed by atoms with Crippen LogP contribution in [0.2, 0.25) is 0 Å². The van der Waals surface area contributed by atoms with Crippen LogP contribution < -0.4 is 5.32 Å². The first-order valence-electron chi connectivity index (χ1n) is 6.55. The lowest BCUT2D eigenvalue weighted by atomic mass is 10.1. The second kappa shape index (κ2) is 4.81. The van der Waals surface area contributed by atoms with Gasteiger partial charge >= 0.3 is 0 Å². The van der Waals surface area contributed by atoms with Crippen LogP contribution in [0.15, 0.2) is 48.1 Å².